The molecule has 1 saturated carbocycles. The van der Waals surface area contributed by atoms with Crippen LogP contribution in [-0.2, 0) is 5.60 Å². The Hall–Kier alpha value is -0.540. The number of aliphatic hydroxyl groups is 1. The molecule has 0 aliphatic heterocycles. The molecule has 1 fully saturated rings. The fraction of sp³-hybridized carbons (Fsp3) is 0.455. The zero-order valence-corrected chi connectivity index (χ0v) is 9.55. The van der Waals surface area contributed by atoms with Crippen molar-refractivity contribution in [1.82, 2.24) is 0 Å². The molecule has 1 aromatic rings. The monoisotopic (exact) mass is 255 g/mol. The molecule has 0 spiro atoms. The van der Waals surface area contributed by atoms with E-state index in [4.69, 9.17) is 5.73 Å². The van der Waals surface area contributed by atoms with Crippen molar-refractivity contribution in [2.24, 2.45) is 0 Å². The highest BCUT2D eigenvalue weighted by Gasteiger charge is 2.34. The van der Waals surface area contributed by atoms with Gasteiger partial charge in [-0.1, -0.05) is 34.8 Å². The van der Waals surface area contributed by atoms with Crippen molar-refractivity contribution in [3.05, 3.63) is 28.2 Å². The van der Waals surface area contributed by atoms with Gasteiger partial charge < -0.3 is 10.8 Å². The van der Waals surface area contributed by atoms with Gasteiger partial charge in [0.25, 0.3) is 0 Å². The highest BCUT2D eigenvalue weighted by atomic mass is 79.9. The molecule has 0 radical (unpaired) electrons. The van der Waals surface area contributed by atoms with E-state index in [0.29, 0.717) is 5.69 Å². The Kier molecular flexibility index (Phi) is 2.54. The first-order chi connectivity index (χ1) is 6.62. The van der Waals surface area contributed by atoms with Crippen molar-refractivity contribution < 1.29 is 5.11 Å². The molecule has 2 nitrogen and oxygen atoms in total. The topological polar surface area (TPSA) is 46.2 Å². The second kappa shape index (κ2) is 3.55. The first-order valence-corrected chi connectivity index (χ1v) is 5.69. The van der Waals surface area contributed by atoms with Crippen LogP contribution >= 0.6 is 15.9 Å². The lowest BCUT2D eigenvalue weighted by Crippen LogP contribution is -2.22. The van der Waals surface area contributed by atoms with Crippen LogP contribution in [-0.4, -0.2) is 5.11 Å². The fourth-order valence-corrected chi connectivity index (χ4v) is 2.57. The second-order valence-corrected chi connectivity index (χ2v) is 4.89. The molecule has 0 bridgehead atoms. The lowest BCUT2D eigenvalue weighted by atomic mass is 9.91. The number of nitrogen functional groups attached to an aromatic ring is 1. The van der Waals surface area contributed by atoms with Crippen molar-refractivity contribution in [2.75, 3.05) is 5.73 Å². The Morgan fingerprint density at radius 2 is 1.93 bits per heavy atom. The van der Waals surface area contributed by atoms with E-state index in [1.807, 2.05) is 18.2 Å². The third-order valence-corrected chi connectivity index (χ3v) is 3.44. The van der Waals surface area contributed by atoms with Gasteiger partial charge in [0, 0.05) is 15.7 Å². The third kappa shape index (κ3) is 1.66. The molecule has 1 aliphatic rings. The van der Waals surface area contributed by atoms with Crippen LogP contribution < -0.4 is 5.73 Å². The number of hydrogen-bond acceptors (Lipinski definition) is 2. The fourth-order valence-electron chi connectivity index (χ4n) is 2.19. The number of rotatable bonds is 1. The molecule has 14 heavy (non-hydrogen) atoms. The third-order valence-electron chi connectivity index (χ3n) is 2.95. The minimum Gasteiger partial charge on any atom is -0.398 e. The van der Waals surface area contributed by atoms with E-state index in [1.54, 1.807) is 0 Å². The van der Waals surface area contributed by atoms with E-state index in [1.165, 1.54) is 0 Å². The molecule has 0 unspecified atom stereocenters. The highest BCUT2D eigenvalue weighted by molar-refractivity contribution is 9.10. The summed E-state index contributed by atoms with van der Waals surface area (Å²) in [4.78, 5) is 0. The summed E-state index contributed by atoms with van der Waals surface area (Å²) in [5.74, 6) is 0. The molecular weight excluding hydrogens is 242 g/mol. The zero-order chi connectivity index (χ0) is 10.2. The summed E-state index contributed by atoms with van der Waals surface area (Å²) in [5, 5.41) is 10.3. The first-order valence-electron chi connectivity index (χ1n) is 4.90. The second-order valence-electron chi connectivity index (χ2n) is 3.97. The van der Waals surface area contributed by atoms with Crippen molar-refractivity contribution in [1.29, 1.82) is 0 Å². The molecule has 2 rings (SSSR count). The van der Waals surface area contributed by atoms with Crippen molar-refractivity contribution in [3.8, 4) is 0 Å². The number of benzene rings is 1. The summed E-state index contributed by atoms with van der Waals surface area (Å²) < 4.78 is 0.959. The maximum absolute atomic E-state index is 10.3. The van der Waals surface area contributed by atoms with Gasteiger partial charge in [0.15, 0.2) is 0 Å². The SMILES string of the molecule is Nc1cc(Br)ccc1C1(O)CCCC1. The minimum atomic E-state index is -0.676. The summed E-state index contributed by atoms with van der Waals surface area (Å²) in [7, 11) is 0. The van der Waals surface area contributed by atoms with Gasteiger partial charge in [-0.25, -0.2) is 0 Å². The van der Waals surface area contributed by atoms with E-state index in [2.05, 4.69) is 15.9 Å². The molecule has 3 N–H and O–H groups in total. The maximum atomic E-state index is 10.3. The summed E-state index contributed by atoms with van der Waals surface area (Å²) in [5.41, 5.74) is 6.79. The van der Waals surface area contributed by atoms with Crippen molar-refractivity contribution >= 4 is 21.6 Å². The van der Waals surface area contributed by atoms with E-state index in [9.17, 15) is 5.11 Å². The van der Waals surface area contributed by atoms with Crippen LogP contribution in [0.2, 0.25) is 0 Å². The van der Waals surface area contributed by atoms with Crippen molar-refractivity contribution in [3.63, 3.8) is 0 Å². The molecule has 0 aromatic heterocycles. The van der Waals surface area contributed by atoms with Gasteiger partial charge >= 0.3 is 0 Å². The average molecular weight is 256 g/mol. The van der Waals surface area contributed by atoms with Crippen LogP contribution in [0.3, 0.4) is 0 Å². The van der Waals surface area contributed by atoms with E-state index >= 15 is 0 Å². The van der Waals surface area contributed by atoms with Gasteiger partial charge in [-0.15, -0.1) is 0 Å². The average Bonchev–Trinajstić information content (AvgIpc) is 2.52. The van der Waals surface area contributed by atoms with Gasteiger partial charge in [0.2, 0.25) is 0 Å². The van der Waals surface area contributed by atoms with E-state index in [0.717, 1.165) is 35.7 Å². The van der Waals surface area contributed by atoms with Crippen LogP contribution in [0.1, 0.15) is 31.2 Å². The van der Waals surface area contributed by atoms with Crippen LogP contribution in [0.5, 0.6) is 0 Å². The first kappa shape index (κ1) is 9.99. The predicted molar refractivity (Wildman–Crippen MR) is 60.9 cm³/mol. The predicted octanol–water partition coefficient (Wildman–Crippen LogP) is 2.79. The number of anilines is 1. The number of nitrogens with two attached hydrogens (primary N) is 1. The molecule has 1 aliphatic carbocycles. The number of hydrogen-bond donors (Lipinski definition) is 2. The Bertz CT molecular complexity index is 345. The van der Waals surface area contributed by atoms with Crippen LogP contribution in [0.25, 0.3) is 0 Å². The zero-order valence-electron chi connectivity index (χ0n) is 7.96. The Morgan fingerprint density at radius 1 is 1.29 bits per heavy atom. The Balaban J connectivity index is 2.40. The lowest BCUT2D eigenvalue weighted by molar-refractivity contribution is 0.0452. The molecule has 0 atom stereocenters. The summed E-state index contributed by atoms with van der Waals surface area (Å²) in [6.07, 6.45) is 3.84. The minimum absolute atomic E-state index is 0.676. The summed E-state index contributed by atoms with van der Waals surface area (Å²) in [6.45, 7) is 0. The molecule has 1 aromatic carbocycles. The molecule has 76 valence electrons. The molecule has 0 heterocycles. The lowest BCUT2D eigenvalue weighted by Gasteiger charge is -2.24. The van der Waals surface area contributed by atoms with Crippen LogP contribution in [0.15, 0.2) is 22.7 Å². The van der Waals surface area contributed by atoms with Crippen LogP contribution in [0.4, 0.5) is 5.69 Å². The normalized spacial score (nSPS) is 19.9. The van der Waals surface area contributed by atoms with Crippen molar-refractivity contribution in [2.45, 2.75) is 31.3 Å². The van der Waals surface area contributed by atoms with Gasteiger partial charge in [0.1, 0.15) is 0 Å². The van der Waals surface area contributed by atoms with Gasteiger partial charge in [-0.2, -0.15) is 0 Å². The molecule has 0 saturated heterocycles. The maximum Gasteiger partial charge on any atom is 0.0916 e. The molecule has 0 amide bonds. The summed E-state index contributed by atoms with van der Waals surface area (Å²) >= 11 is 3.36. The molecular formula is C11H14BrNO. The van der Waals surface area contributed by atoms with Gasteiger partial charge in [-0.3, -0.25) is 0 Å². The van der Waals surface area contributed by atoms with E-state index < -0.39 is 5.60 Å². The Labute approximate surface area is 92.3 Å². The summed E-state index contributed by atoms with van der Waals surface area (Å²) in [6, 6.07) is 5.71. The smallest absolute Gasteiger partial charge is 0.0916 e. The highest BCUT2D eigenvalue weighted by Crippen LogP contribution is 2.41. The quantitative estimate of drug-likeness (QED) is 0.759. The van der Waals surface area contributed by atoms with Crippen LogP contribution in [0, 0.1) is 0 Å². The van der Waals surface area contributed by atoms with Gasteiger partial charge in [0.05, 0.1) is 5.60 Å². The largest absolute Gasteiger partial charge is 0.398 e. The standard InChI is InChI=1S/C11H14BrNO/c12-8-3-4-9(10(13)7-8)11(14)5-1-2-6-11/h3-4,7,14H,1-2,5-6,13H2. The molecule has 3 heteroatoms. The Morgan fingerprint density at radius 3 is 2.50 bits per heavy atom. The van der Waals surface area contributed by atoms with E-state index in [-0.39, 0.29) is 0 Å². The number of halogens is 1. The van der Waals surface area contributed by atoms with Gasteiger partial charge in [-0.05, 0) is 25.0 Å².